The van der Waals surface area contributed by atoms with Gasteiger partial charge in [0.2, 0.25) is 0 Å². The zero-order chi connectivity index (χ0) is 8.27. The van der Waals surface area contributed by atoms with Crippen molar-refractivity contribution in [3.05, 3.63) is 0 Å². The largest absolute Gasteiger partial charge is 0.393 e. The lowest BCUT2D eigenvalue weighted by atomic mass is 10.3. The van der Waals surface area contributed by atoms with E-state index in [2.05, 4.69) is 5.32 Å². The Kier molecular flexibility index (Phi) is 2.70. The predicted molar refractivity (Wildman–Crippen MR) is 41.3 cm³/mol. The molecule has 1 saturated heterocycles. The van der Waals surface area contributed by atoms with Crippen molar-refractivity contribution in [2.24, 2.45) is 0 Å². The summed E-state index contributed by atoms with van der Waals surface area (Å²) in [4.78, 5) is 12.6. The highest BCUT2D eigenvalue weighted by Gasteiger charge is 2.18. The van der Waals surface area contributed by atoms with Crippen molar-refractivity contribution in [3.8, 4) is 0 Å². The Balaban J connectivity index is 2.20. The topological polar surface area (TPSA) is 52.6 Å². The van der Waals surface area contributed by atoms with Gasteiger partial charge in [0.1, 0.15) is 0 Å². The fourth-order valence-corrected chi connectivity index (χ4v) is 1.07. The first-order valence-corrected chi connectivity index (χ1v) is 3.91. The number of nitrogens with zero attached hydrogens (tertiary/aromatic N) is 1. The van der Waals surface area contributed by atoms with Gasteiger partial charge in [0.15, 0.2) is 0 Å². The second-order valence-electron chi connectivity index (χ2n) is 2.86. The smallest absolute Gasteiger partial charge is 0.317 e. The molecule has 0 spiro atoms. The molecule has 0 aliphatic carbocycles. The number of urea groups is 1. The molecule has 4 heteroatoms. The van der Waals surface area contributed by atoms with Crippen LogP contribution in [0.15, 0.2) is 0 Å². The van der Waals surface area contributed by atoms with Gasteiger partial charge < -0.3 is 15.3 Å². The molecule has 1 fully saturated rings. The molecular formula is C7H14N2O2. The molecule has 0 radical (unpaired) electrons. The van der Waals surface area contributed by atoms with Crippen LogP contribution in [-0.4, -0.2) is 41.8 Å². The van der Waals surface area contributed by atoms with Gasteiger partial charge in [0.05, 0.1) is 6.10 Å². The Labute approximate surface area is 66.2 Å². The molecule has 0 aromatic carbocycles. The molecule has 64 valence electrons. The molecular weight excluding hydrogens is 144 g/mol. The van der Waals surface area contributed by atoms with Crippen LogP contribution >= 0.6 is 0 Å². The summed E-state index contributed by atoms with van der Waals surface area (Å²) in [5, 5.41) is 11.6. The standard InChI is InChI=1S/C7H14N2O2/c1-6(10)2-4-9-5-3-8-7(9)11/h6,10H,2-5H2,1H3,(H,8,11). The number of rotatable bonds is 3. The first kappa shape index (κ1) is 8.33. The lowest BCUT2D eigenvalue weighted by Gasteiger charge is -2.14. The van der Waals surface area contributed by atoms with Gasteiger partial charge in [-0.2, -0.15) is 0 Å². The highest BCUT2D eigenvalue weighted by atomic mass is 16.3. The van der Waals surface area contributed by atoms with Crippen LogP contribution in [0.5, 0.6) is 0 Å². The average Bonchev–Trinajstić information content (AvgIpc) is 2.31. The number of aliphatic hydroxyl groups excluding tert-OH is 1. The number of hydrogen-bond acceptors (Lipinski definition) is 2. The minimum Gasteiger partial charge on any atom is -0.393 e. The van der Waals surface area contributed by atoms with E-state index in [0.29, 0.717) is 13.0 Å². The minimum atomic E-state index is -0.316. The Hall–Kier alpha value is -0.770. The Bertz CT molecular complexity index is 147. The third-order valence-electron chi connectivity index (χ3n) is 1.76. The molecule has 1 rings (SSSR count). The maximum absolute atomic E-state index is 10.9. The van der Waals surface area contributed by atoms with Crippen LogP contribution in [0.3, 0.4) is 0 Å². The summed E-state index contributed by atoms with van der Waals surface area (Å²) in [6.45, 7) is 3.89. The number of carbonyl (C=O) groups is 1. The van der Waals surface area contributed by atoms with Gasteiger partial charge >= 0.3 is 6.03 Å². The summed E-state index contributed by atoms with van der Waals surface area (Å²) in [7, 11) is 0. The molecule has 1 unspecified atom stereocenters. The number of amides is 2. The molecule has 1 aliphatic heterocycles. The minimum absolute atomic E-state index is 0.00866. The number of carbonyl (C=O) groups excluding carboxylic acids is 1. The Morgan fingerprint density at radius 1 is 1.82 bits per heavy atom. The van der Waals surface area contributed by atoms with E-state index < -0.39 is 0 Å². The third kappa shape index (κ3) is 2.38. The quantitative estimate of drug-likeness (QED) is 0.596. The van der Waals surface area contributed by atoms with Crippen molar-refractivity contribution in [1.29, 1.82) is 0 Å². The number of hydrogen-bond donors (Lipinski definition) is 2. The molecule has 1 atom stereocenters. The summed E-state index contributed by atoms with van der Waals surface area (Å²) in [5.41, 5.74) is 0. The van der Waals surface area contributed by atoms with Crippen molar-refractivity contribution in [3.63, 3.8) is 0 Å². The van der Waals surface area contributed by atoms with E-state index in [0.717, 1.165) is 13.1 Å². The number of nitrogens with one attached hydrogen (secondary N) is 1. The first-order chi connectivity index (χ1) is 5.20. The van der Waals surface area contributed by atoms with E-state index in [-0.39, 0.29) is 12.1 Å². The summed E-state index contributed by atoms with van der Waals surface area (Å²) in [6.07, 6.45) is 0.344. The monoisotopic (exact) mass is 158 g/mol. The Morgan fingerprint density at radius 3 is 3.00 bits per heavy atom. The van der Waals surface area contributed by atoms with E-state index in [1.807, 2.05) is 0 Å². The second-order valence-corrected chi connectivity index (χ2v) is 2.86. The van der Waals surface area contributed by atoms with Gasteiger partial charge in [-0.3, -0.25) is 0 Å². The Morgan fingerprint density at radius 2 is 2.55 bits per heavy atom. The van der Waals surface area contributed by atoms with Crippen molar-refractivity contribution in [2.45, 2.75) is 19.4 Å². The zero-order valence-electron chi connectivity index (χ0n) is 6.71. The van der Waals surface area contributed by atoms with Crippen LogP contribution in [-0.2, 0) is 0 Å². The summed E-state index contributed by atoms with van der Waals surface area (Å²) >= 11 is 0. The van der Waals surface area contributed by atoms with E-state index in [4.69, 9.17) is 5.11 Å². The average molecular weight is 158 g/mol. The van der Waals surface area contributed by atoms with Crippen LogP contribution in [0.2, 0.25) is 0 Å². The van der Waals surface area contributed by atoms with Crippen LogP contribution in [0.4, 0.5) is 4.79 Å². The summed E-state index contributed by atoms with van der Waals surface area (Å²) < 4.78 is 0. The van der Waals surface area contributed by atoms with Gasteiger partial charge in [0.25, 0.3) is 0 Å². The van der Waals surface area contributed by atoms with Gasteiger partial charge in [-0.05, 0) is 13.3 Å². The second kappa shape index (κ2) is 3.57. The fraction of sp³-hybridized carbons (Fsp3) is 0.857. The van der Waals surface area contributed by atoms with Crippen LogP contribution in [0.1, 0.15) is 13.3 Å². The van der Waals surface area contributed by atoms with Crippen LogP contribution in [0, 0.1) is 0 Å². The van der Waals surface area contributed by atoms with E-state index in [1.165, 1.54) is 0 Å². The van der Waals surface area contributed by atoms with E-state index in [1.54, 1.807) is 11.8 Å². The van der Waals surface area contributed by atoms with E-state index in [9.17, 15) is 4.79 Å². The number of aliphatic hydroxyl groups is 1. The van der Waals surface area contributed by atoms with Crippen molar-refractivity contribution in [2.75, 3.05) is 19.6 Å². The molecule has 0 aromatic heterocycles. The zero-order valence-corrected chi connectivity index (χ0v) is 6.71. The SMILES string of the molecule is CC(O)CCN1CCNC1=O. The molecule has 2 N–H and O–H groups in total. The molecule has 4 nitrogen and oxygen atoms in total. The van der Waals surface area contributed by atoms with Crippen molar-refractivity contribution >= 4 is 6.03 Å². The van der Waals surface area contributed by atoms with Crippen molar-refractivity contribution in [1.82, 2.24) is 10.2 Å². The predicted octanol–water partition coefficient (Wildman–Crippen LogP) is -0.217. The van der Waals surface area contributed by atoms with Crippen LogP contribution < -0.4 is 5.32 Å². The summed E-state index contributed by atoms with van der Waals surface area (Å²) in [5.74, 6) is 0. The first-order valence-electron chi connectivity index (χ1n) is 3.91. The van der Waals surface area contributed by atoms with Crippen LogP contribution in [0.25, 0.3) is 0 Å². The molecule has 0 saturated carbocycles. The molecule has 11 heavy (non-hydrogen) atoms. The summed E-state index contributed by atoms with van der Waals surface area (Å²) in [6, 6.07) is -0.00866. The van der Waals surface area contributed by atoms with Gasteiger partial charge in [-0.1, -0.05) is 0 Å². The maximum Gasteiger partial charge on any atom is 0.317 e. The fourth-order valence-electron chi connectivity index (χ4n) is 1.07. The van der Waals surface area contributed by atoms with Gasteiger partial charge in [-0.25, -0.2) is 4.79 Å². The molecule has 1 heterocycles. The highest BCUT2D eigenvalue weighted by Crippen LogP contribution is 1.99. The molecule has 1 aliphatic rings. The lowest BCUT2D eigenvalue weighted by molar-refractivity contribution is 0.165. The highest BCUT2D eigenvalue weighted by molar-refractivity contribution is 5.76. The molecule has 0 bridgehead atoms. The maximum atomic E-state index is 10.9. The molecule has 0 aromatic rings. The normalized spacial score (nSPS) is 20.2. The van der Waals surface area contributed by atoms with Crippen molar-refractivity contribution < 1.29 is 9.90 Å². The van der Waals surface area contributed by atoms with Gasteiger partial charge in [-0.15, -0.1) is 0 Å². The molecule has 2 amide bonds. The van der Waals surface area contributed by atoms with E-state index >= 15 is 0 Å². The third-order valence-corrected chi connectivity index (χ3v) is 1.76. The lowest BCUT2D eigenvalue weighted by Crippen LogP contribution is -2.30. The van der Waals surface area contributed by atoms with Gasteiger partial charge in [0, 0.05) is 19.6 Å².